The lowest BCUT2D eigenvalue weighted by molar-refractivity contribution is -0.137. The second-order valence-electron chi connectivity index (χ2n) is 8.06. The Kier molecular flexibility index (Phi) is 7.64. The fourth-order valence-corrected chi connectivity index (χ4v) is 5.63. The van der Waals surface area contributed by atoms with E-state index in [1.807, 2.05) is 0 Å². The molecule has 2 heterocycles. The number of piperidine rings is 1. The first-order valence-electron chi connectivity index (χ1n) is 10.1. The zero-order valence-corrected chi connectivity index (χ0v) is 16.3. The van der Waals surface area contributed by atoms with Crippen molar-refractivity contribution in [1.29, 1.82) is 0 Å². The molecule has 0 radical (unpaired) electrons. The molecular formula is C19H32N2O4S. The minimum atomic E-state index is -0.878. The maximum atomic E-state index is 12.2. The molecule has 6 nitrogen and oxygen atoms in total. The van der Waals surface area contributed by atoms with Gasteiger partial charge in [-0.05, 0) is 88.3 Å². The third kappa shape index (κ3) is 5.86. The SMILES string of the molecule is O=C(O)CCNC(=O)C1CCC2CC(CCC3CCNCC3)SOC2C1. The minimum Gasteiger partial charge on any atom is -0.481 e. The first-order valence-corrected chi connectivity index (χ1v) is 10.9. The van der Waals surface area contributed by atoms with Gasteiger partial charge in [-0.1, -0.05) is 0 Å². The van der Waals surface area contributed by atoms with Crippen LogP contribution in [0.5, 0.6) is 0 Å². The van der Waals surface area contributed by atoms with Gasteiger partial charge in [-0.25, -0.2) is 0 Å². The Hall–Kier alpha value is -0.790. The molecule has 4 atom stereocenters. The van der Waals surface area contributed by atoms with Crippen molar-refractivity contribution >= 4 is 23.9 Å². The van der Waals surface area contributed by atoms with Crippen LogP contribution in [0.2, 0.25) is 0 Å². The molecule has 0 spiro atoms. The molecule has 0 bridgehead atoms. The predicted octanol–water partition coefficient (Wildman–Crippen LogP) is 2.58. The number of rotatable bonds is 7. The summed E-state index contributed by atoms with van der Waals surface area (Å²) in [5.74, 6) is 0.539. The molecular weight excluding hydrogens is 352 g/mol. The second-order valence-corrected chi connectivity index (χ2v) is 9.12. The molecule has 1 amide bonds. The van der Waals surface area contributed by atoms with Crippen LogP contribution in [0.25, 0.3) is 0 Å². The molecule has 0 aromatic heterocycles. The molecule has 1 aliphatic carbocycles. The summed E-state index contributed by atoms with van der Waals surface area (Å²) >= 11 is 1.65. The number of nitrogens with one attached hydrogen (secondary N) is 2. The molecule has 1 saturated carbocycles. The molecule has 7 heteroatoms. The van der Waals surface area contributed by atoms with E-state index in [0.717, 1.165) is 25.2 Å². The summed E-state index contributed by atoms with van der Waals surface area (Å²) in [6, 6.07) is 0. The van der Waals surface area contributed by atoms with Crippen LogP contribution >= 0.6 is 12.0 Å². The molecule has 148 valence electrons. The van der Waals surface area contributed by atoms with E-state index in [9.17, 15) is 9.59 Å². The Morgan fingerprint density at radius 3 is 2.69 bits per heavy atom. The van der Waals surface area contributed by atoms with E-state index in [2.05, 4.69) is 10.6 Å². The van der Waals surface area contributed by atoms with E-state index >= 15 is 0 Å². The zero-order valence-electron chi connectivity index (χ0n) is 15.5. The third-order valence-electron chi connectivity index (χ3n) is 6.17. The summed E-state index contributed by atoms with van der Waals surface area (Å²) in [5, 5.41) is 15.5. The van der Waals surface area contributed by atoms with E-state index in [1.54, 1.807) is 12.0 Å². The van der Waals surface area contributed by atoms with Crippen LogP contribution in [-0.4, -0.2) is 48.0 Å². The van der Waals surface area contributed by atoms with Gasteiger partial charge in [-0.15, -0.1) is 0 Å². The smallest absolute Gasteiger partial charge is 0.305 e. The van der Waals surface area contributed by atoms with Gasteiger partial charge in [0.15, 0.2) is 0 Å². The molecule has 4 unspecified atom stereocenters. The van der Waals surface area contributed by atoms with Crippen LogP contribution in [0.1, 0.15) is 57.8 Å². The summed E-state index contributed by atoms with van der Waals surface area (Å²) in [4.78, 5) is 22.8. The lowest BCUT2D eigenvalue weighted by Gasteiger charge is -2.40. The second kappa shape index (κ2) is 9.95. The van der Waals surface area contributed by atoms with Crippen LogP contribution in [0.15, 0.2) is 0 Å². The Bertz CT molecular complexity index is 484. The molecule has 3 fully saturated rings. The molecule has 26 heavy (non-hydrogen) atoms. The van der Waals surface area contributed by atoms with Gasteiger partial charge in [0, 0.05) is 17.7 Å². The number of amides is 1. The number of carbonyl (C=O) groups excluding carboxylic acids is 1. The summed E-state index contributed by atoms with van der Waals surface area (Å²) in [5.41, 5.74) is 0. The highest BCUT2D eigenvalue weighted by atomic mass is 32.2. The molecule has 3 N–H and O–H groups in total. The fourth-order valence-electron chi connectivity index (χ4n) is 4.54. The van der Waals surface area contributed by atoms with Gasteiger partial charge in [0.25, 0.3) is 0 Å². The highest BCUT2D eigenvalue weighted by molar-refractivity contribution is 7.95. The van der Waals surface area contributed by atoms with E-state index in [1.165, 1.54) is 45.2 Å². The van der Waals surface area contributed by atoms with Crippen molar-refractivity contribution < 1.29 is 18.9 Å². The van der Waals surface area contributed by atoms with Crippen molar-refractivity contribution in [2.75, 3.05) is 19.6 Å². The van der Waals surface area contributed by atoms with Gasteiger partial charge < -0.3 is 19.9 Å². The van der Waals surface area contributed by atoms with E-state index in [4.69, 9.17) is 9.29 Å². The van der Waals surface area contributed by atoms with Crippen LogP contribution in [-0.2, 0) is 13.8 Å². The van der Waals surface area contributed by atoms with Gasteiger partial charge >= 0.3 is 5.97 Å². The quantitative estimate of drug-likeness (QED) is 0.585. The summed E-state index contributed by atoms with van der Waals surface area (Å²) in [6.45, 7) is 2.55. The summed E-state index contributed by atoms with van der Waals surface area (Å²) in [6.07, 6.45) is 9.28. The zero-order chi connectivity index (χ0) is 18.4. The molecule has 3 aliphatic rings. The minimum absolute atomic E-state index is 0.00803. The highest BCUT2D eigenvalue weighted by Crippen LogP contribution is 2.44. The van der Waals surface area contributed by atoms with Gasteiger partial charge in [-0.3, -0.25) is 9.59 Å². The summed E-state index contributed by atoms with van der Waals surface area (Å²) in [7, 11) is 0. The monoisotopic (exact) mass is 384 g/mol. The predicted molar refractivity (Wildman–Crippen MR) is 102 cm³/mol. The lowest BCUT2D eigenvalue weighted by atomic mass is 9.77. The number of carboxylic acids is 1. The lowest BCUT2D eigenvalue weighted by Crippen LogP contribution is -2.42. The van der Waals surface area contributed by atoms with Gasteiger partial charge in [0.05, 0.1) is 12.5 Å². The first kappa shape index (κ1) is 20.0. The highest BCUT2D eigenvalue weighted by Gasteiger charge is 2.39. The number of carbonyl (C=O) groups is 2. The molecule has 2 aliphatic heterocycles. The van der Waals surface area contributed by atoms with Crippen molar-refractivity contribution in [3.63, 3.8) is 0 Å². The van der Waals surface area contributed by atoms with Crippen molar-refractivity contribution in [3.8, 4) is 0 Å². The van der Waals surface area contributed by atoms with Crippen LogP contribution in [0.3, 0.4) is 0 Å². The molecule has 3 rings (SSSR count). The van der Waals surface area contributed by atoms with Crippen molar-refractivity contribution in [2.45, 2.75) is 69.1 Å². The van der Waals surface area contributed by atoms with Crippen molar-refractivity contribution in [3.05, 3.63) is 0 Å². The van der Waals surface area contributed by atoms with Gasteiger partial charge in [-0.2, -0.15) is 0 Å². The number of aliphatic carboxylic acids is 1. The van der Waals surface area contributed by atoms with E-state index in [0.29, 0.717) is 11.2 Å². The Morgan fingerprint density at radius 2 is 1.92 bits per heavy atom. The largest absolute Gasteiger partial charge is 0.481 e. The Balaban J connectivity index is 1.37. The first-order chi connectivity index (χ1) is 12.6. The van der Waals surface area contributed by atoms with Crippen molar-refractivity contribution in [2.24, 2.45) is 17.8 Å². The molecule has 0 aromatic carbocycles. The molecule has 0 aromatic rings. The topological polar surface area (TPSA) is 87.7 Å². The average Bonchev–Trinajstić information content (AvgIpc) is 2.66. The van der Waals surface area contributed by atoms with Crippen LogP contribution in [0, 0.1) is 17.8 Å². The number of hydrogen-bond donors (Lipinski definition) is 3. The maximum absolute atomic E-state index is 12.2. The third-order valence-corrected chi connectivity index (χ3v) is 7.23. The fraction of sp³-hybridized carbons (Fsp3) is 0.895. The van der Waals surface area contributed by atoms with Crippen LogP contribution < -0.4 is 10.6 Å². The normalized spacial score (nSPS) is 32.6. The standard InChI is InChI=1S/C19H32N2O4S/c22-18(23)7-10-21-19(24)15-3-2-14-11-16(26-25-17(14)12-15)4-1-13-5-8-20-9-6-13/h13-17,20H,1-12H2,(H,21,24)(H,22,23). The number of carboxylic acid groups (broad SMARTS) is 1. The van der Waals surface area contributed by atoms with Gasteiger partial charge in [0.2, 0.25) is 5.91 Å². The van der Waals surface area contributed by atoms with Crippen molar-refractivity contribution in [1.82, 2.24) is 10.6 Å². The van der Waals surface area contributed by atoms with E-state index in [-0.39, 0.29) is 30.9 Å². The number of fused-ring (bicyclic) bond motifs is 1. The maximum Gasteiger partial charge on any atom is 0.305 e. The average molecular weight is 385 g/mol. The Labute approximate surface area is 160 Å². The number of hydrogen-bond acceptors (Lipinski definition) is 5. The molecule has 2 saturated heterocycles. The summed E-state index contributed by atoms with van der Waals surface area (Å²) < 4.78 is 6.09. The van der Waals surface area contributed by atoms with E-state index < -0.39 is 5.97 Å². The van der Waals surface area contributed by atoms with Crippen LogP contribution in [0.4, 0.5) is 0 Å². The van der Waals surface area contributed by atoms with Gasteiger partial charge in [0.1, 0.15) is 0 Å². The Morgan fingerprint density at radius 1 is 1.12 bits per heavy atom.